The lowest BCUT2D eigenvalue weighted by molar-refractivity contribution is -0.118. The maximum atomic E-state index is 12.9. The first-order valence-electron chi connectivity index (χ1n) is 10.6. The smallest absolute Gasteiger partial charge is 0.262 e. The molecule has 0 saturated carbocycles. The Morgan fingerprint density at radius 3 is 2.30 bits per heavy atom. The summed E-state index contributed by atoms with van der Waals surface area (Å²) in [6.07, 6.45) is 0. The lowest BCUT2D eigenvalue weighted by atomic mass is 10.1. The second-order valence-electron chi connectivity index (χ2n) is 7.40. The van der Waals surface area contributed by atoms with E-state index in [-0.39, 0.29) is 18.4 Å². The Labute approximate surface area is 201 Å². The second kappa shape index (κ2) is 10.3. The van der Waals surface area contributed by atoms with Gasteiger partial charge in [0.15, 0.2) is 6.61 Å². The van der Waals surface area contributed by atoms with Crippen LogP contribution in [0.1, 0.15) is 17.3 Å². The Kier molecular flexibility index (Phi) is 7.05. The monoisotopic (exact) mass is 502 g/mol. The zero-order valence-electron chi connectivity index (χ0n) is 18.1. The van der Waals surface area contributed by atoms with Crippen molar-refractivity contribution in [2.24, 2.45) is 0 Å². The fraction of sp³-hybridized carbons (Fsp3) is 0.111. The predicted octanol–water partition coefficient (Wildman–Crippen LogP) is 6.29. The number of hydrogen-bond donors (Lipinski definition) is 1. The van der Waals surface area contributed by atoms with Gasteiger partial charge in [-0.2, -0.15) is 0 Å². The van der Waals surface area contributed by atoms with Gasteiger partial charge < -0.3 is 15.0 Å². The lowest BCUT2D eigenvalue weighted by Crippen LogP contribution is -2.30. The van der Waals surface area contributed by atoms with Crippen LogP contribution in [0.15, 0.2) is 95.5 Å². The van der Waals surface area contributed by atoms with Gasteiger partial charge in [0.2, 0.25) is 0 Å². The molecular formula is C27H23BrN2O3. The van der Waals surface area contributed by atoms with Crippen molar-refractivity contribution in [2.75, 3.05) is 23.4 Å². The van der Waals surface area contributed by atoms with Crippen molar-refractivity contribution in [1.29, 1.82) is 0 Å². The summed E-state index contributed by atoms with van der Waals surface area (Å²) in [5, 5.41) is 4.91. The number of para-hydroxylation sites is 1. The number of amides is 2. The number of ether oxygens (including phenoxy) is 1. The molecule has 0 unspecified atom stereocenters. The van der Waals surface area contributed by atoms with E-state index in [1.807, 2.05) is 73.7 Å². The van der Waals surface area contributed by atoms with Gasteiger partial charge in [-0.3, -0.25) is 9.59 Å². The molecule has 0 fully saturated rings. The van der Waals surface area contributed by atoms with Crippen LogP contribution in [-0.4, -0.2) is 25.0 Å². The highest BCUT2D eigenvalue weighted by molar-refractivity contribution is 9.10. The molecule has 0 spiro atoms. The Morgan fingerprint density at radius 2 is 1.58 bits per heavy atom. The average Bonchev–Trinajstić information content (AvgIpc) is 2.85. The van der Waals surface area contributed by atoms with Gasteiger partial charge in [-0.25, -0.2) is 0 Å². The number of fused-ring (bicyclic) bond motifs is 1. The van der Waals surface area contributed by atoms with Gasteiger partial charge in [-0.1, -0.05) is 48.5 Å². The molecular weight excluding hydrogens is 480 g/mol. The van der Waals surface area contributed by atoms with Crippen molar-refractivity contribution in [1.82, 2.24) is 0 Å². The summed E-state index contributed by atoms with van der Waals surface area (Å²) in [5.41, 5.74) is 2.00. The highest BCUT2D eigenvalue weighted by atomic mass is 79.9. The van der Waals surface area contributed by atoms with Crippen LogP contribution in [0.5, 0.6) is 5.75 Å². The molecule has 166 valence electrons. The summed E-state index contributed by atoms with van der Waals surface area (Å²) >= 11 is 3.56. The molecule has 1 N–H and O–H groups in total. The van der Waals surface area contributed by atoms with E-state index < -0.39 is 0 Å². The van der Waals surface area contributed by atoms with Gasteiger partial charge in [-0.05, 0) is 76.1 Å². The normalized spacial score (nSPS) is 10.6. The van der Waals surface area contributed by atoms with Gasteiger partial charge in [0.1, 0.15) is 5.75 Å². The third-order valence-electron chi connectivity index (χ3n) is 5.23. The predicted molar refractivity (Wildman–Crippen MR) is 136 cm³/mol. The summed E-state index contributed by atoms with van der Waals surface area (Å²) < 4.78 is 6.53. The summed E-state index contributed by atoms with van der Waals surface area (Å²) in [4.78, 5) is 27.0. The minimum absolute atomic E-state index is 0.0916. The fourth-order valence-corrected chi connectivity index (χ4v) is 4.18. The molecule has 2 amide bonds. The Balaban J connectivity index is 1.37. The molecule has 0 bridgehead atoms. The van der Waals surface area contributed by atoms with Crippen LogP contribution in [0.25, 0.3) is 10.8 Å². The molecule has 0 atom stereocenters. The number of halogens is 1. The first-order valence-corrected chi connectivity index (χ1v) is 11.4. The highest BCUT2D eigenvalue weighted by Gasteiger charge is 2.16. The Morgan fingerprint density at radius 1 is 0.879 bits per heavy atom. The molecule has 33 heavy (non-hydrogen) atoms. The van der Waals surface area contributed by atoms with E-state index in [1.165, 1.54) is 0 Å². The summed E-state index contributed by atoms with van der Waals surface area (Å²) in [5.74, 6) is 0.227. The van der Waals surface area contributed by atoms with Crippen molar-refractivity contribution in [3.05, 3.63) is 101 Å². The lowest BCUT2D eigenvalue weighted by Gasteiger charge is -2.21. The van der Waals surface area contributed by atoms with E-state index in [9.17, 15) is 9.59 Å². The first kappa shape index (κ1) is 22.6. The van der Waals surface area contributed by atoms with E-state index >= 15 is 0 Å². The van der Waals surface area contributed by atoms with Crippen molar-refractivity contribution < 1.29 is 14.3 Å². The molecule has 4 aromatic carbocycles. The molecule has 0 saturated heterocycles. The van der Waals surface area contributed by atoms with Crippen molar-refractivity contribution >= 4 is 49.9 Å². The van der Waals surface area contributed by atoms with E-state index in [4.69, 9.17) is 4.74 Å². The van der Waals surface area contributed by atoms with Gasteiger partial charge in [0, 0.05) is 23.5 Å². The van der Waals surface area contributed by atoms with Crippen molar-refractivity contribution in [2.45, 2.75) is 6.92 Å². The molecule has 0 aliphatic carbocycles. The quantitative estimate of drug-likeness (QED) is 0.323. The topological polar surface area (TPSA) is 58.6 Å². The molecule has 0 heterocycles. The fourth-order valence-electron chi connectivity index (χ4n) is 3.57. The summed E-state index contributed by atoms with van der Waals surface area (Å²) in [6, 6.07) is 28.1. The number of carbonyl (C=O) groups is 2. The van der Waals surface area contributed by atoms with Crippen LogP contribution >= 0.6 is 15.9 Å². The molecule has 4 aromatic rings. The second-order valence-corrected chi connectivity index (χ2v) is 8.19. The number of benzene rings is 4. The van der Waals surface area contributed by atoms with Gasteiger partial charge in [-0.15, -0.1) is 0 Å². The standard InChI is InChI=1S/C27H23BrN2O3/c1-2-30(22-9-4-3-5-10-22)27(32)20-12-15-21(16-13-20)29-25(31)18-33-24-17-14-19-8-6-7-11-23(19)26(24)28/h3-17H,2,18H2,1H3,(H,29,31). The minimum atomic E-state index is -0.284. The molecule has 0 aromatic heterocycles. The number of rotatable bonds is 7. The maximum absolute atomic E-state index is 12.9. The van der Waals surface area contributed by atoms with Gasteiger partial charge >= 0.3 is 0 Å². The maximum Gasteiger partial charge on any atom is 0.262 e. The number of carbonyl (C=O) groups excluding carboxylic acids is 2. The van der Waals surface area contributed by atoms with Crippen LogP contribution in [0.4, 0.5) is 11.4 Å². The third kappa shape index (κ3) is 5.23. The molecule has 0 radical (unpaired) electrons. The molecule has 0 aliphatic rings. The average molecular weight is 503 g/mol. The Hall–Kier alpha value is -3.64. The van der Waals surface area contributed by atoms with Crippen LogP contribution in [-0.2, 0) is 4.79 Å². The number of anilines is 2. The first-order chi connectivity index (χ1) is 16.1. The van der Waals surface area contributed by atoms with Crippen molar-refractivity contribution in [3.63, 3.8) is 0 Å². The highest BCUT2D eigenvalue weighted by Crippen LogP contribution is 2.33. The van der Waals surface area contributed by atoms with E-state index in [2.05, 4.69) is 21.2 Å². The molecule has 0 aliphatic heterocycles. The van der Waals surface area contributed by atoms with E-state index in [0.717, 1.165) is 20.9 Å². The Bertz CT molecular complexity index is 1270. The molecule has 5 nitrogen and oxygen atoms in total. The van der Waals surface area contributed by atoms with Gasteiger partial charge in [0.25, 0.3) is 11.8 Å². The summed E-state index contributed by atoms with van der Waals surface area (Å²) in [7, 11) is 0. The number of nitrogens with zero attached hydrogens (tertiary/aromatic N) is 1. The van der Waals surface area contributed by atoms with Gasteiger partial charge in [0.05, 0.1) is 4.47 Å². The SMILES string of the molecule is CCN(C(=O)c1ccc(NC(=O)COc2ccc3ccccc3c2Br)cc1)c1ccccc1. The largest absolute Gasteiger partial charge is 0.483 e. The van der Waals surface area contributed by atoms with Crippen molar-refractivity contribution in [3.8, 4) is 5.75 Å². The molecule has 4 rings (SSSR count). The van der Waals surface area contributed by atoms with Crippen LogP contribution < -0.4 is 15.0 Å². The summed E-state index contributed by atoms with van der Waals surface area (Å²) in [6.45, 7) is 2.37. The van der Waals surface area contributed by atoms with Crippen LogP contribution in [0.3, 0.4) is 0 Å². The third-order valence-corrected chi connectivity index (χ3v) is 6.05. The number of nitrogens with one attached hydrogen (secondary N) is 1. The molecule has 6 heteroatoms. The zero-order chi connectivity index (χ0) is 23.2. The number of hydrogen-bond acceptors (Lipinski definition) is 3. The van der Waals surface area contributed by atoms with Crippen LogP contribution in [0.2, 0.25) is 0 Å². The van der Waals surface area contributed by atoms with E-state index in [1.54, 1.807) is 29.2 Å². The minimum Gasteiger partial charge on any atom is -0.483 e. The zero-order valence-corrected chi connectivity index (χ0v) is 19.7. The van der Waals surface area contributed by atoms with Crippen LogP contribution in [0, 0.1) is 0 Å². The van der Waals surface area contributed by atoms with E-state index in [0.29, 0.717) is 23.5 Å².